The first-order valence-corrected chi connectivity index (χ1v) is 6.28. The van der Waals surface area contributed by atoms with Crippen molar-refractivity contribution in [2.75, 3.05) is 5.73 Å². The van der Waals surface area contributed by atoms with Gasteiger partial charge in [-0.1, -0.05) is 0 Å². The second kappa shape index (κ2) is 4.06. The molecule has 0 unspecified atom stereocenters. The fourth-order valence-corrected chi connectivity index (χ4v) is 2.67. The summed E-state index contributed by atoms with van der Waals surface area (Å²) < 4.78 is 15.0. The summed E-state index contributed by atoms with van der Waals surface area (Å²) in [6.45, 7) is 2.51. The molecule has 1 aromatic carbocycles. The first-order chi connectivity index (χ1) is 8.63. The zero-order chi connectivity index (χ0) is 12.7. The molecule has 0 aliphatic carbocycles. The highest BCUT2D eigenvalue weighted by Gasteiger charge is 2.10. The van der Waals surface area contributed by atoms with Crippen LogP contribution in [0.2, 0.25) is 0 Å². The fraction of sp³-hybridized carbons (Fsp3) is 0.167. The van der Waals surface area contributed by atoms with Crippen LogP contribution >= 0.6 is 11.3 Å². The predicted molar refractivity (Wildman–Crippen MR) is 70.1 cm³/mol. The van der Waals surface area contributed by atoms with E-state index in [9.17, 15) is 4.39 Å². The highest BCUT2D eigenvalue weighted by atomic mass is 32.1. The predicted octanol–water partition coefficient (Wildman–Crippen LogP) is 2.57. The maximum Gasteiger partial charge on any atom is 0.201 e. The van der Waals surface area contributed by atoms with Crippen LogP contribution in [0.5, 0.6) is 0 Å². The molecule has 2 aromatic heterocycles. The van der Waals surface area contributed by atoms with Gasteiger partial charge >= 0.3 is 0 Å². The number of aromatic nitrogens is 3. The van der Waals surface area contributed by atoms with Gasteiger partial charge in [-0.05, 0) is 25.1 Å². The molecule has 2 heterocycles. The fourth-order valence-electron chi connectivity index (χ4n) is 1.89. The Bertz CT molecular complexity index is 716. The lowest BCUT2D eigenvalue weighted by Crippen LogP contribution is -2.04. The normalized spacial score (nSPS) is 11.2. The third-order valence-corrected chi connectivity index (χ3v) is 3.60. The quantitative estimate of drug-likeness (QED) is 0.772. The molecule has 3 aromatic rings. The monoisotopic (exact) mass is 262 g/mol. The molecule has 0 radical (unpaired) electrons. The Morgan fingerprint density at radius 1 is 1.44 bits per heavy atom. The first-order valence-electron chi connectivity index (χ1n) is 5.46. The largest absolute Gasteiger partial charge is 0.369 e. The zero-order valence-electron chi connectivity index (χ0n) is 9.72. The molecule has 0 saturated heterocycles. The highest BCUT2D eigenvalue weighted by Crippen LogP contribution is 2.22. The molecular weight excluding hydrogens is 251 g/mol. The number of imidazole rings is 1. The molecule has 0 atom stereocenters. The number of hydrogen-bond acceptors (Lipinski definition) is 4. The smallest absolute Gasteiger partial charge is 0.201 e. The molecule has 0 fully saturated rings. The molecule has 2 N–H and O–H groups in total. The molecule has 3 rings (SSSR count). The average Bonchev–Trinajstić information content (AvgIpc) is 2.86. The number of nitrogens with zero attached hydrogens (tertiary/aromatic N) is 3. The van der Waals surface area contributed by atoms with Crippen LogP contribution in [-0.2, 0) is 6.54 Å². The van der Waals surface area contributed by atoms with Crippen molar-refractivity contribution in [1.82, 2.24) is 14.5 Å². The third-order valence-electron chi connectivity index (χ3n) is 2.70. The molecule has 0 aliphatic rings. The molecule has 0 bridgehead atoms. The lowest BCUT2D eigenvalue weighted by Gasteiger charge is -2.03. The molecule has 0 amide bonds. The van der Waals surface area contributed by atoms with Crippen molar-refractivity contribution in [2.24, 2.45) is 0 Å². The molecule has 6 heteroatoms. The Morgan fingerprint density at radius 2 is 2.28 bits per heavy atom. The van der Waals surface area contributed by atoms with Gasteiger partial charge in [-0.25, -0.2) is 14.4 Å². The number of halogens is 1. The van der Waals surface area contributed by atoms with Gasteiger partial charge in [0.15, 0.2) is 0 Å². The SMILES string of the molecule is Cc1cnc(Cn2c(N)nc3ccc(F)cc32)s1. The lowest BCUT2D eigenvalue weighted by molar-refractivity contribution is 0.628. The molecule has 0 saturated carbocycles. The number of fused-ring (bicyclic) bond motifs is 1. The van der Waals surface area contributed by atoms with E-state index in [1.807, 2.05) is 13.1 Å². The van der Waals surface area contributed by atoms with Gasteiger partial charge in [-0.15, -0.1) is 11.3 Å². The van der Waals surface area contributed by atoms with Gasteiger partial charge in [0, 0.05) is 11.1 Å². The third kappa shape index (κ3) is 1.84. The molecule has 0 spiro atoms. The Morgan fingerprint density at radius 3 is 3.00 bits per heavy atom. The summed E-state index contributed by atoms with van der Waals surface area (Å²) in [5.41, 5.74) is 7.26. The molecule has 18 heavy (non-hydrogen) atoms. The summed E-state index contributed by atoms with van der Waals surface area (Å²) in [6.07, 6.45) is 1.82. The Balaban J connectivity index is 2.10. The van der Waals surface area contributed by atoms with E-state index < -0.39 is 0 Å². The lowest BCUT2D eigenvalue weighted by atomic mass is 10.3. The van der Waals surface area contributed by atoms with E-state index in [0.717, 1.165) is 9.88 Å². The molecule has 92 valence electrons. The van der Waals surface area contributed by atoms with Crippen LogP contribution in [-0.4, -0.2) is 14.5 Å². The Hall–Kier alpha value is -1.95. The summed E-state index contributed by atoms with van der Waals surface area (Å²) in [5.74, 6) is 0.0856. The number of benzene rings is 1. The van der Waals surface area contributed by atoms with E-state index in [4.69, 9.17) is 5.73 Å². The van der Waals surface area contributed by atoms with Crippen LogP contribution in [0.4, 0.5) is 10.3 Å². The Kier molecular flexibility index (Phi) is 2.52. The maximum atomic E-state index is 13.3. The van der Waals surface area contributed by atoms with Crippen LogP contribution in [0.15, 0.2) is 24.4 Å². The van der Waals surface area contributed by atoms with Crippen molar-refractivity contribution in [1.29, 1.82) is 0 Å². The number of rotatable bonds is 2. The number of aryl methyl sites for hydroxylation is 1. The number of nitrogens with two attached hydrogens (primary N) is 1. The summed E-state index contributed by atoms with van der Waals surface area (Å²) >= 11 is 1.60. The van der Waals surface area contributed by atoms with Crippen molar-refractivity contribution >= 4 is 28.3 Å². The summed E-state index contributed by atoms with van der Waals surface area (Å²) in [6, 6.07) is 4.45. The van der Waals surface area contributed by atoms with Crippen LogP contribution in [0.25, 0.3) is 11.0 Å². The zero-order valence-corrected chi connectivity index (χ0v) is 10.5. The first kappa shape index (κ1) is 11.2. The van der Waals surface area contributed by atoms with Crippen LogP contribution in [0.3, 0.4) is 0 Å². The van der Waals surface area contributed by atoms with Gasteiger partial charge in [0.05, 0.1) is 17.6 Å². The van der Waals surface area contributed by atoms with E-state index in [2.05, 4.69) is 9.97 Å². The number of nitrogen functional groups attached to an aromatic ring is 1. The van der Waals surface area contributed by atoms with Gasteiger partial charge in [-0.3, -0.25) is 0 Å². The van der Waals surface area contributed by atoms with Crippen molar-refractivity contribution in [2.45, 2.75) is 13.5 Å². The second-order valence-corrected chi connectivity index (χ2v) is 5.37. The van der Waals surface area contributed by atoms with Gasteiger partial charge in [0.2, 0.25) is 5.95 Å². The Labute approximate surface area is 107 Å². The number of anilines is 1. The van der Waals surface area contributed by atoms with Gasteiger partial charge in [-0.2, -0.15) is 0 Å². The summed E-state index contributed by atoms with van der Waals surface area (Å²) in [5, 5.41) is 0.933. The molecule has 4 nitrogen and oxygen atoms in total. The maximum absolute atomic E-state index is 13.3. The van der Waals surface area contributed by atoms with Crippen LogP contribution in [0, 0.1) is 12.7 Å². The minimum Gasteiger partial charge on any atom is -0.369 e. The minimum atomic E-state index is -0.293. The van der Waals surface area contributed by atoms with Gasteiger partial charge in [0.1, 0.15) is 10.8 Å². The van der Waals surface area contributed by atoms with Crippen molar-refractivity contribution in [3.8, 4) is 0 Å². The van der Waals surface area contributed by atoms with E-state index in [1.54, 1.807) is 22.0 Å². The van der Waals surface area contributed by atoms with Crippen molar-refractivity contribution in [3.05, 3.63) is 40.1 Å². The van der Waals surface area contributed by atoms with Gasteiger partial charge in [0.25, 0.3) is 0 Å². The number of hydrogen-bond donors (Lipinski definition) is 1. The van der Waals surface area contributed by atoms with Crippen molar-refractivity contribution in [3.63, 3.8) is 0 Å². The van der Waals surface area contributed by atoms with E-state index >= 15 is 0 Å². The average molecular weight is 262 g/mol. The second-order valence-electron chi connectivity index (χ2n) is 4.05. The topological polar surface area (TPSA) is 56.7 Å². The molecular formula is C12H11FN4S. The minimum absolute atomic E-state index is 0.293. The summed E-state index contributed by atoms with van der Waals surface area (Å²) in [4.78, 5) is 9.63. The van der Waals surface area contributed by atoms with Crippen LogP contribution < -0.4 is 5.73 Å². The van der Waals surface area contributed by atoms with E-state index in [0.29, 0.717) is 23.5 Å². The van der Waals surface area contributed by atoms with Gasteiger partial charge < -0.3 is 10.3 Å². The van der Waals surface area contributed by atoms with E-state index in [-0.39, 0.29) is 5.82 Å². The van der Waals surface area contributed by atoms with E-state index in [1.165, 1.54) is 12.1 Å². The summed E-state index contributed by atoms with van der Waals surface area (Å²) in [7, 11) is 0. The number of thiazole rings is 1. The van der Waals surface area contributed by atoms with Crippen LogP contribution in [0.1, 0.15) is 9.88 Å². The molecule has 0 aliphatic heterocycles. The van der Waals surface area contributed by atoms with Crippen molar-refractivity contribution < 1.29 is 4.39 Å². The standard InChI is InChI=1S/C12H11FN4S/c1-7-5-15-11(18-7)6-17-10-4-8(13)2-3-9(10)16-12(17)14/h2-5H,6H2,1H3,(H2,14,16). The highest BCUT2D eigenvalue weighted by molar-refractivity contribution is 7.11.